The van der Waals surface area contributed by atoms with Crippen LogP contribution in [0.25, 0.3) is 0 Å². The highest BCUT2D eigenvalue weighted by molar-refractivity contribution is 7.99. The molecule has 0 unspecified atom stereocenters. The van der Waals surface area contributed by atoms with Crippen molar-refractivity contribution in [3.8, 4) is 5.75 Å². The number of nitrogens with one attached hydrogen (secondary N) is 1. The van der Waals surface area contributed by atoms with E-state index in [-0.39, 0.29) is 16.6 Å². The number of sulfonamides is 1. The van der Waals surface area contributed by atoms with E-state index in [1.807, 2.05) is 4.57 Å². The summed E-state index contributed by atoms with van der Waals surface area (Å²) in [5, 5.41) is 11.9. The predicted octanol–water partition coefficient (Wildman–Crippen LogP) is 3.11. The Hall–Kier alpha value is -2.37. The summed E-state index contributed by atoms with van der Waals surface area (Å²) in [5.41, 5.74) is 0.303. The SMILES string of the molecule is C=CCn1c(SCC(=O)Nc2cc(S(=O)(=O)N(CC)CC)ccc2OC)nnc1C1CC1. The monoisotopic (exact) mass is 479 g/mol. The standard InChI is InChI=1S/C21H29N5O4S2/c1-5-12-26-20(15-8-9-15)23-24-21(26)31-14-19(27)22-17-13-16(10-11-18(17)30-4)32(28,29)25(6-2)7-3/h5,10-11,13,15H,1,6-9,12,14H2,2-4H3,(H,22,27). The van der Waals surface area contributed by atoms with E-state index >= 15 is 0 Å². The van der Waals surface area contributed by atoms with Crippen LogP contribution in [-0.4, -0.2) is 59.3 Å². The van der Waals surface area contributed by atoms with Gasteiger partial charge in [-0.3, -0.25) is 4.79 Å². The number of nitrogens with zero attached hydrogens (tertiary/aromatic N) is 4. The summed E-state index contributed by atoms with van der Waals surface area (Å²) in [6, 6.07) is 4.45. The maximum atomic E-state index is 12.8. The number of carbonyl (C=O) groups is 1. The first kappa shape index (κ1) is 24.3. The van der Waals surface area contributed by atoms with Gasteiger partial charge in [0, 0.05) is 25.6 Å². The molecule has 174 valence electrons. The van der Waals surface area contributed by atoms with Gasteiger partial charge in [0.05, 0.1) is 23.4 Å². The van der Waals surface area contributed by atoms with Crippen molar-refractivity contribution in [1.82, 2.24) is 19.1 Å². The Labute approximate surface area is 193 Å². The van der Waals surface area contributed by atoms with Gasteiger partial charge >= 0.3 is 0 Å². The molecule has 9 nitrogen and oxygen atoms in total. The molecule has 1 amide bonds. The van der Waals surface area contributed by atoms with Crippen LogP contribution < -0.4 is 10.1 Å². The Balaban J connectivity index is 1.74. The Kier molecular flexibility index (Phi) is 7.96. The minimum atomic E-state index is -3.66. The lowest BCUT2D eigenvalue weighted by Crippen LogP contribution is -2.30. The number of aromatic nitrogens is 3. The molecule has 0 bridgehead atoms. The molecule has 0 atom stereocenters. The molecule has 1 fully saturated rings. The number of thioether (sulfide) groups is 1. The van der Waals surface area contributed by atoms with Gasteiger partial charge in [-0.15, -0.1) is 16.8 Å². The van der Waals surface area contributed by atoms with Gasteiger partial charge in [0.15, 0.2) is 5.16 Å². The number of benzene rings is 1. The van der Waals surface area contributed by atoms with Crippen molar-refractivity contribution in [2.75, 3.05) is 31.3 Å². The molecule has 1 aromatic heterocycles. The number of hydrogen-bond donors (Lipinski definition) is 1. The Bertz CT molecular complexity index is 1080. The van der Waals surface area contributed by atoms with Crippen LogP contribution in [0.1, 0.15) is 38.4 Å². The number of carbonyl (C=O) groups excluding carboxylic acids is 1. The molecule has 0 saturated heterocycles. The van der Waals surface area contributed by atoms with Gasteiger partial charge in [-0.05, 0) is 31.0 Å². The van der Waals surface area contributed by atoms with Crippen LogP contribution in [0.3, 0.4) is 0 Å². The van der Waals surface area contributed by atoms with Gasteiger partial charge in [-0.25, -0.2) is 8.42 Å². The molecule has 0 radical (unpaired) electrons. The summed E-state index contributed by atoms with van der Waals surface area (Å²) in [7, 11) is -2.19. The number of hydrogen-bond acceptors (Lipinski definition) is 7. The summed E-state index contributed by atoms with van der Waals surface area (Å²) in [6.45, 7) is 8.66. The second kappa shape index (κ2) is 10.5. The van der Waals surface area contributed by atoms with Crippen LogP contribution in [-0.2, 0) is 21.4 Å². The number of allylic oxidation sites excluding steroid dienone is 1. The zero-order chi connectivity index (χ0) is 23.3. The first-order valence-corrected chi connectivity index (χ1v) is 12.9. The fraction of sp³-hybridized carbons (Fsp3) is 0.476. The molecule has 1 N–H and O–H groups in total. The molecular formula is C21H29N5O4S2. The van der Waals surface area contributed by atoms with Gasteiger partial charge < -0.3 is 14.6 Å². The third-order valence-corrected chi connectivity index (χ3v) is 8.13. The Morgan fingerprint density at radius 3 is 2.66 bits per heavy atom. The van der Waals surface area contributed by atoms with Gasteiger partial charge in [-0.2, -0.15) is 4.31 Å². The third-order valence-electron chi connectivity index (χ3n) is 5.12. The maximum Gasteiger partial charge on any atom is 0.243 e. The minimum absolute atomic E-state index is 0.0934. The molecule has 0 aliphatic heterocycles. The van der Waals surface area contributed by atoms with Gasteiger partial charge in [-0.1, -0.05) is 31.7 Å². The number of amides is 1. The van der Waals surface area contributed by atoms with Crippen LogP contribution in [0.4, 0.5) is 5.69 Å². The van der Waals surface area contributed by atoms with Gasteiger partial charge in [0.25, 0.3) is 0 Å². The van der Waals surface area contributed by atoms with Crippen LogP contribution in [0, 0.1) is 0 Å². The van der Waals surface area contributed by atoms with Crippen molar-refractivity contribution in [3.05, 3.63) is 36.7 Å². The molecule has 1 aromatic carbocycles. The summed E-state index contributed by atoms with van der Waals surface area (Å²) in [4.78, 5) is 12.8. The molecule has 32 heavy (non-hydrogen) atoms. The molecule has 1 saturated carbocycles. The third kappa shape index (κ3) is 5.33. The summed E-state index contributed by atoms with van der Waals surface area (Å²) >= 11 is 1.28. The maximum absolute atomic E-state index is 12.8. The Morgan fingerprint density at radius 1 is 1.34 bits per heavy atom. The largest absolute Gasteiger partial charge is 0.495 e. The summed E-state index contributed by atoms with van der Waals surface area (Å²) < 4.78 is 34.4. The molecule has 0 spiro atoms. The molecule has 1 aliphatic rings. The number of methoxy groups -OCH3 is 1. The zero-order valence-electron chi connectivity index (χ0n) is 18.6. The van der Waals surface area contributed by atoms with Crippen LogP contribution >= 0.6 is 11.8 Å². The van der Waals surface area contributed by atoms with Gasteiger partial charge in [0.2, 0.25) is 15.9 Å². The number of anilines is 1. The zero-order valence-corrected chi connectivity index (χ0v) is 20.2. The highest BCUT2D eigenvalue weighted by Crippen LogP contribution is 2.40. The Morgan fingerprint density at radius 2 is 2.06 bits per heavy atom. The fourth-order valence-corrected chi connectivity index (χ4v) is 5.56. The van der Waals surface area contributed by atoms with E-state index in [2.05, 4.69) is 22.1 Å². The summed E-state index contributed by atoms with van der Waals surface area (Å²) in [6.07, 6.45) is 3.99. The van der Waals surface area contributed by atoms with Crippen molar-refractivity contribution in [2.45, 2.75) is 49.2 Å². The molecule has 1 heterocycles. The van der Waals surface area contributed by atoms with Crippen LogP contribution in [0.2, 0.25) is 0 Å². The number of rotatable bonds is 12. The van der Waals surface area contributed by atoms with E-state index in [1.165, 1.54) is 35.3 Å². The molecule has 2 aromatic rings. The van der Waals surface area contributed by atoms with E-state index in [1.54, 1.807) is 26.0 Å². The second-order valence-corrected chi connectivity index (χ2v) is 10.2. The predicted molar refractivity (Wildman–Crippen MR) is 125 cm³/mol. The highest BCUT2D eigenvalue weighted by atomic mass is 32.2. The fourth-order valence-electron chi connectivity index (χ4n) is 3.33. The van der Waals surface area contributed by atoms with Crippen molar-refractivity contribution >= 4 is 33.4 Å². The van der Waals surface area contributed by atoms with E-state index in [0.29, 0.717) is 42.1 Å². The lowest BCUT2D eigenvalue weighted by Gasteiger charge is -2.19. The van der Waals surface area contributed by atoms with Crippen LogP contribution in [0.15, 0.2) is 40.9 Å². The molecule has 1 aliphatic carbocycles. The molecule has 11 heteroatoms. The van der Waals surface area contributed by atoms with E-state index in [9.17, 15) is 13.2 Å². The highest BCUT2D eigenvalue weighted by Gasteiger charge is 2.30. The van der Waals surface area contributed by atoms with Crippen molar-refractivity contribution < 1.29 is 17.9 Å². The van der Waals surface area contributed by atoms with Crippen molar-refractivity contribution in [2.24, 2.45) is 0 Å². The minimum Gasteiger partial charge on any atom is -0.495 e. The normalized spacial score (nSPS) is 13.9. The smallest absolute Gasteiger partial charge is 0.243 e. The van der Waals surface area contributed by atoms with Crippen molar-refractivity contribution in [1.29, 1.82) is 0 Å². The first-order valence-electron chi connectivity index (χ1n) is 10.5. The van der Waals surface area contributed by atoms with Crippen molar-refractivity contribution in [3.63, 3.8) is 0 Å². The van der Waals surface area contributed by atoms with E-state index in [4.69, 9.17) is 4.74 Å². The quantitative estimate of drug-likeness (QED) is 0.368. The van der Waals surface area contributed by atoms with Gasteiger partial charge in [0.1, 0.15) is 11.6 Å². The summed E-state index contributed by atoms with van der Waals surface area (Å²) in [5.74, 6) is 1.55. The average molecular weight is 480 g/mol. The molecular weight excluding hydrogens is 450 g/mol. The lowest BCUT2D eigenvalue weighted by molar-refractivity contribution is -0.113. The lowest BCUT2D eigenvalue weighted by atomic mass is 10.3. The number of ether oxygens (including phenoxy) is 1. The second-order valence-electron chi connectivity index (χ2n) is 7.30. The van der Waals surface area contributed by atoms with E-state index in [0.717, 1.165) is 18.7 Å². The first-order chi connectivity index (χ1) is 15.3. The average Bonchev–Trinajstić information content (AvgIpc) is 3.54. The molecule has 3 rings (SSSR count). The van der Waals surface area contributed by atoms with E-state index < -0.39 is 10.0 Å². The topological polar surface area (TPSA) is 106 Å². The van der Waals surface area contributed by atoms with Crippen LogP contribution in [0.5, 0.6) is 5.75 Å².